The number of hydrogen-bond acceptors (Lipinski definition) is 4. The van der Waals surface area contributed by atoms with Crippen LogP contribution in [0.2, 0.25) is 0 Å². The number of aromatic amines is 1. The van der Waals surface area contributed by atoms with Crippen molar-refractivity contribution in [3.8, 4) is 0 Å². The molecule has 0 bridgehead atoms. The number of nitrogens with one attached hydrogen (secondary N) is 2. The number of H-pyrrole nitrogens is 1. The van der Waals surface area contributed by atoms with Crippen LogP contribution in [0.25, 0.3) is 10.9 Å². The first-order chi connectivity index (χ1) is 17.0. The summed E-state index contributed by atoms with van der Waals surface area (Å²) in [6.45, 7) is 4.03. The Balaban J connectivity index is 1.22. The summed E-state index contributed by atoms with van der Waals surface area (Å²) in [6, 6.07) is 15.1. The van der Waals surface area contributed by atoms with Crippen LogP contribution < -0.4 is 5.32 Å². The fourth-order valence-electron chi connectivity index (χ4n) is 5.33. The summed E-state index contributed by atoms with van der Waals surface area (Å²) in [6.07, 6.45) is 9.65. The third-order valence-electron chi connectivity index (χ3n) is 7.31. The highest BCUT2D eigenvalue weighted by atomic mass is 16.3. The molecule has 1 aliphatic carbocycles. The summed E-state index contributed by atoms with van der Waals surface area (Å²) in [5.74, 6) is 0. The molecule has 0 fully saturated rings. The van der Waals surface area contributed by atoms with Crippen LogP contribution in [0.5, 0.6) is 0 Å². The van der Waals surface area contributed by atoms with Crippen LogP contribution in [0.3, 0.4) is 0 Å². The number of nitrogens with zero attached hydrogens (tertiary/aromatic N) is 1. The van der Waals surface area contributed by atoms with E-state index in [4.69, 9.17) is 0 Å². The minimum Gasteiger partial charge on any atom is -0.393 e. The lowest BCUT2D eigenvalue weighted by atomic mass is 9.98. The largest absolute Gasteiger partial charge is 0.393 e. The van der Waals surface area contributed by atoms with Crippen molar-refractivity contribution in [1.29, 1.82) is 0 Å². The van der Waals surface area contributed by atoms with Crippen molar-refractivity contribution in [3.63, 3.8) is 0 Å². The van der Waals surface area contributed by atoms with Crippen molar-refractivity contribution in [1.82, 2.24) is 9.97 Å². The number of aliphatic hydroxyl groups excluding tert-OH is 2. The van der Waals surface area contributed by atoms with Gasteiger partial charge in [0, 0.05) is 34.7 Å². The first-order valence-electron chi connectivity index (χ1n) is 12.8. The molecule has 1 aliphatic rings. The molecule has 4 N–H and O–H groups in total. The molecule has 0 amide bonds. The van der Waals surface area contributed by atoms with E-state index in [1.807, 2.05) is 13.0 Å². The maximum atomic E-state index is 10.1. The highest BCUT2D eigenvalue weighted by Gasteiger charge is 2.24. The highest BCUT2D eigenvalue weighted by Crippen LogP contribution is 2.35. The number of aromatic nitrogens is 2. The summed E-state index contributed by atoms with van der Waals surface area (Å²) in [4.78, 5) is 7.85. The Hall–Kier alpha value is -3.15. The Bertz CT molecular complexity index is 1320. The molecule has 5 nitrogen and oxygen atoms in total. The number of anilines is 2. The van der Waals surface area contributed by atoms with Crippen molar-refractivity contribution in [2.45, 2.75) is 71.0 Å². The van der Waals surface area contributed by atoms with Gasteiger partial charge in [-0.1, -0.05) is 24.3 Å². The Morgan fingerprint density at radius 2 is 1.94 bits per heavy atom. The molecule has 35 heavy (non-hydrogen) atoms. The van der Waals surface area contributed by atoms with Crippen LogP contribution in [0.1, 0.15) is 65.8 Å². The van der Waals surface area contributed by atoms with E-state index in [0.717, 1.165) is 67.6 Å². The van der Waals surface area contributed by atoms with Gasteiger partial charge in [0.15, 0.2) is 0 Å². The van der Waals surface area contributed by atoms with Gasteiger partial charge in [-0.05, 0) is 105 Å². The summed E-state index contributed by atoms with van der Waals surface area (Å²) >= 11 is 0. The maximum Gasteiger partial charge on any atom is 0.0966 e. The third kappa shape index (κ3) is 5.12. The summed E-state index contributed by atoms with van der Waals surface area (Å²) in [5.41, 5.74) is 10.6. The molecule has 5 rings (SSSR count). The van der Waals surface area contributed by atoms with E-state index in [2.05, 4.69) is 64.8 Å². The van der Waals surface area contributed by atoms with Gasteiger partial charge in [0.2, 0.25) is 0 Å². The van der Waals surface area contributed by atoms with Crippen molar-refractivity contribution in [2.75, 3.05) is 5.32 Å². The lowest BCUT2D eigenvalue weighted by Crippen LogP contribution is -2.01. The van der Waals surface area contributed by atoms with Gasteiger partial charge < -0.3 is 20.5 Å². The molecule has 4 aromatic rings. The molecule has 2 heterocycles. The first-order valence-corrected chi connectivity index (χ1v) is 12.8. The molecule has 0 aliphatic heterocycles. The van der Waals surface area contributed by atoms with Gasteiger partial charge >= 0.3 is 0 Å². The zero-order chi connectivity index (χ0) is 24.4. The minimum atomic E-state index is -0.441. The molecule has 0 spiro atoms. The van der Waals surface area contributed by atoms with Crippen molar-refractivity contribution in [2.24, 2.45) is 0 Å². The fraction of sp³-hybridized carbons (Fsp3) is 0.367. The number of aliphatic hydroxyl groups is 2. The number of rotatable bonds is 9. The molecule has 0 radical (unpaired) electrons. The number of para-hydroxylation sites is 1. The third-order valence-corrected chi connectivity index (χ3v) is 7.31. The number of benzene rings is 2. The topological polar surface area (TPSA) is 81.2 Å². The second-order valence-electron chi connectivity index (χ2n) is 9.94. The molecule has 2 atom stereocenters. The fourth-order valence-corrected chi connectivity index (χ4v) is 5.33. The number of pyridine rings is 1. The van der Waals surface area contributed by atoms with Crippen LogP contribution in [0, 0.1) is 6.92 Å². The molecule has 0 saturated carbocycles. The zero-order valence-electron chi connectivity index (χ0n) is 20.6. The molecular formula is C30H35N3O2. The van der Waals surface area contributed by atoms with Crippen LogP contribution in [-0.2, 0) is 25.7 Å². The maximum absolute atomic E-state index is 10.1. The summed E-state index contributed by atoms with van der Waals surface area (Å²) in [5, 5.41) is 24.6. The van der Waals surface area contributed by atoms with E-state index < -0.39 is 6.10 Å². The van der Waals surface area contributed by atoms with Gasteiger partial charge in [-0.3, -0.25) is 4.98 Å². The van der Waals surface area contributed by atoms with Crippen LogP contribution in [0.15, 0.2) is 54.9 Å². The van der Waals surface area contributed by atoms with Crippen LogP contribution in [0.4, 0.5) is 11.4 Å². The minimum absolute atomic E-state index is 0.275. The molecule has 182 valence electrons. The summed E-state index contributed by atoms with van der Waals surface area (Å²) < 4.78 is 0. The van der Waals surface area contributed by atoms with Gasteiger partial charge in [-0.15, -0.1) is 0 Å². The van der Waals surface area contributed by atoms with Gasteiger partial charge in [0.25, 0.3) is 0 Å². The number of fused-ring (bicyclic) bond motifs is 2. The van der Waals surface area contributed by atoms with E-state index in [-0.39, 0.29) is 6.10 Å². The molecule has 2 aromatic heterocycles. The lowest BCUT2D eigenvalue weighted by molar-refractivity contribution is 0.176. The highest BCUT2D eigenvalue weighted by molar-refractivity contribution is 5.86. The average Bonchev–Trinajstić information content (AvgIpc) is 3.44. The van der Waals surface area contributed by atoms with Gasteiger partial charge in [-0.25, -0.2) is 0 Å². The monoisotopic (exact) mass is 469 g/mol. The van der Waals surface area contributed by atoms with Crippen molar-refractivity contribution < 1.29 is 10.2 Å². The van der Waals surface area contributed by atoms with E-state index >= 15 is 0 Å². The normalized spacial score (nSPS) is 15.9. The predicted molar refractivity (Wildman–Crippen MR) is 142 cm³/mol. The van der Waals surface area contributed by atoms with Gasteiger partial charge in [0.1, 0.15) is 0 Å². The average molecular weight is 470 g/mol. The first kappa shape index (κ1) is 23.6. The Morgan fingerprint density at radius 3 is 2.77 bits per heavy atom. The lowest BCUT2D eigenvalue weighted by Gasteiger charge is -2.13. The van der Waals surface area contributed by atoms with Crippen molar-refractivity contribution >= 4 is 22.3 Å². The second-order valence-corrected chi connectivity index (χ2v) is 9.94. The zero-order valence-corrected chi connectivity index (χ0v) is 20.6. The Morgan fingerprint density at radius 1 is 1.09 bits per heavy atom. The van der Waals surface area contributed by atoms with E-state index in [0.29, 0.717) is 0 Å². The predicted octanol–water partition coefficient (Wildman–Crippen LogP) is 6.08. The molecular weight excluding hydrogens is 434 g/mol. The molecule has 0 saturated heterocycles. The quantitative estimate of drug-likeness (QED) is 0.239. The van der Waals surface area contributed by atoms with E-state index in [1.54, 1.807) is 6.20 Å². The summed E-state index contributed by atoms with van der Waals surface area (Å²) in [7, 11) is 0. The number of hydrogen-bond donors (Lipinski definition) is 4. The van der Waals surface area contributed by atoms with Crippen LogP contribution in [-0.4, -0.2) is 26.3 Å². The Kier molecular flexibility index (Phi) is 6.89. The number of aryl methyl sites for hydroxylation is 4. The standard InChI is InChI=1S/C30H35N3O2/c1-19-17-24(33-27-15-16-31-30-26(27)13-14-28(30)35)12-11-21(19)5-3-7-23-18-32-29-22(10-9-20(2)34)6-4-8-25(23)29/h4,6,8,11-12,15-18,20,28,32,34-35H,3,5,7,9-10,13-14H2,1-2H3,(H,31,33). The SMILES string of the molecule is Cc1cc(Nc2ccnc3c2CCC3O)ccc1CCCc1c[nH]c2c(CCC(C)O)cccc12. The van der Waals surface area contributed by atoms with Crippen molar-refractivity contribution in [3.05, 3.63) is 88.4 Å². The van der Waals surface area contributed by atoms with Crippen LogP contribution >= 0.6 is 0 Å². The molecule has 2 aromatic carbocycles. The Labute approximate surface area is 207 Å². The molecule has 2 unspecified atom stereocenters. The second kappa shape index (κ2) is 10.2. The van der Waals surface area contributed by atoms with Gasteiger partial charge in [-0.2, -0.15) is 0 Å². The molecule has 5 heteroatoms. The smallest absolute Gasteiger partial charge is 0.0966 e. The van der Waals surface area contributed by atoms with E-state index in [1.165, 1.54) is 33.2 Å². The van der Waals surface area contributed by atoms with Gasteiger partial charge in [0.05, 0.1) is 17.9 Å². The van der Waals surface area contributed by atoms with E-state index in [9.17, 15) is 10.2 Å².